The van der Waals surface area contributed by atoms with Crippen molar-refractivity contribution in [1.82, 2.24) is 0 Å². The van der Waals surface area contributed by atoms with E-state index in [4.69, 9.17) is 0 Å². The van der Waals surface area contributed by atoms with Crippen molar-refractivity contribution in [1.29, 1.82) is 0 Å². The average molecular weight is 334 g/mol. The molecule has 0 aliphatic carbocycles. The second-order valence-corrected chi connectivity index (χ2v) is 6.63. The number of anilines is 2. The Kier molecular flexibility index (Phi) is 5.48. The molecule has 0 saturated heterocycles. The SMILES string of the molecule is Cc1cc(C)c(N2[C]N(c3c(C)cc(C)cc3C)C=C2)c(C)c1.[AlH3]. The molecule has 3 rings (SSSR count). The topological polar surface area (TPSA) is 6.48 Å². The van der Waals surface area contributed by atoms with E-state index in [9.17, 15) is 0 Å². The molecular formula is C21H27AlN2. The molecule has 0 aromatic heterocycles. The van der Waals surface area contributed by atoms with Crippen LogP contribution < -0.4 is 9.80 Å². The molecule has 2 aromatic rings. The fourth-order valence-corrected chi connectivity index (χ4v) is 3.67. The van der Waals surface area contributed by atoms with Crippen LogP contribution in [0.1, 0.15) is 33.4 Å². The van der Waals surface area contributed by atoms with Gasteiger partial charge in [0.1, 0.15) is 0 Å². The average Bonchev–Trinajstić information content (AvgIpc) is 2.85. The van der Waals surface area contributed by atoms with Gasteiger partial charge >= 0.3 is 0 Å². The summed E-state index contributed by atoms with van der Waals surface area (Å²) in [6.45, 7) is 16.4. The summed E-state index contributed by atoms with van der Waals surface area (Å²) >= 11 is 0. The van der Waals surface area contributed by atoms with E-state index in [1.54, 1.807) is 0 Å². The van der Waals surface area contributed by atoms with Gasteiger partial charge in [0.2, 0.25) is 6.67 Å². The Morgan fingerprint density at radius 3 is 1.17 bits per heavy atom. The predicted molar refractivity (Wildman–Crippen MR) is 109 cm³/mol. The Labute approximate surface area is 156 Å². The van der Waals surface area contributed by atoms with Crippen molar-refractivity contribution >= 4 is 28.7 Å². The third-order valence-electron chi connectivity index (χ3n) is 4.33. The van der Waals surface area contributed by atoms with Crippen LogP contribution in [0, 0.1) is 48.2 Å². The summed E-state index contributed by atoms with van der Waals surface area (Å²) in [5.41, 5.74) is 10.1. The molecule has 0 fully saturated rings. The van der Waals surface area contributed by atoms with Gasteiger partial charge < -0.3 is 9.80 Å². The summed E-state index contributed by atoms with van der Waals surface area (Å²) in [6, 6.07) is 8.90. The maximum atomic E-state index is 3.48. The highest BCUT2D eigenvalue weighted by Crippen LogP contribution is 2.35. The second-order valence-electron chi connectivity index (χ2n) is 6.63. The van der Waals surface area contributed by atoms with Gasteiger partial charge in [-0.1, -0.05) is 35.4 Å². The molecule has 0 N–H and O–H groups in total. The zero-order valence-electron chi connectivity index (χ0n) is 14.9. The van der Waals surface area contributed by atoms with Crippen LogP contribution in [0.3, 0.4) is 0 Å². The van der Waals surface area contributed by atoms with Crippen LogP contribution in [0.25, 0.3) is 0 Å². The van der Waals surface area contributed by atoms with Gasteiger partial charge in [-0.15, -0.1) is 0 Å². The minimum absolute atomic E-state index is 0. The lowest BCUT2D eigenvalue weighted by atomic mass is 10.0. The van der Waals surface area contributed by atoms with Crippen LogP contribution in [0.2, 0.25) is 0 Å². The summed E-state index contributed by atoms with van der Waals surface area (Å²) in [4.78, 5) is 4.20. The van der Waals surface area contributed by atoms with Gasteiger partial charge in [0, 0.05) is 23.8 Å². The molecular weight excluding hydrogens is 307 g/mol. The first-order chi connectivity index (χ1) is 10.9. The first kappa shape index (κ1) is 18.6. The number of hydrogen-bond donors (Lipinski definition) is 0. The van der Waals surface area contributed by atoms with Crippen molar-refractivity contribution in [3.63, 3.8) is 0 Å². The molecule has 0 spiro atoms. The van der Waals surface area contributed by atoms with Crippen LogP contribution in [-0.4, -0.2) is 17.4 Å². The van der Waals surface area contributed by atoms with E-state index in [-0.39, 0.29) is 17.4 Å². The smallest absolute Gasteiger partial charge is 0.217 e. The lowest BCUT2D eigenvalue weighted by molar-refractivity contribution is 1.07. The van der Waals surface area contributed by atoms with Gasteiger partial charge in [-0.3, -0.25) is 0 Å². The summed E-state index contributed by atoms with van der Waals surface area (Å²) < 4.78 is 0. The highest BCUT2D eigenvalue weighted by atomic mass is 27.0. The van der Waals surface area contributed by atoms with Crippen molar-refractivity contribution in [2.45, 2.75) is 41.5 Å². The zero-order chi connectivity index (χ0) is 16.7. The van der Waals surface area contributed by atoms with Gasteiger partial charge in [0.15, 0.2) is 17.4 Å². The molecule has 0 unspecified atom stereocenters. The number of nitrogens with zero attached hydrogens (tertiary/aromatic N) is 2. The Morgan fingerprint density at radius 2 is 0.875 bits per heavy atom. The first-order valence-electron chi connectivity index (χ1n) is 8.05. The van der Waals surface area contributed by atoms with Gasteiger partial charge in [-0.2, -0.15) is 0 Å². The number of benzene rings is 2. The Balaban J connectivity index is 0.00000208. The van der Waals surface area contributed by atoms with Crippen LogP contribution in [0.5, 0.6) is 0 Å². The zero-order valence-corrected chi connectivity index (χ0v) is 14.9. The normalized spacial score (nSPS) is 13.4. The Morgan fingerprint density at radius 1 is 0.583 bits per heavy atom. The monoisotopic (exact) mass is 334 g/mol. The molecule has 2 aromatic carbocycles. The van der Waals surface area contributed by atoms with E-state index in [0.29, 0.717) is 0 Å². The molecule has 1 heterocycles. The molecule has 2 nitrogen and oxygen atoms in total. The van der Waals surface area contributed by atoms with Crippen LogP contribution in [-0.2, 0) is 0 Å². The van der Waals surface area contributed by atoms with E-state index in [0.717, 1.165) is 0 Å². The fourth-order valence-electron chi connectivity index (χ4n) is 3.67. The highest BCUT2D eigenvalue weighted by molar-refractivity contribution is 5.75. The predicted octanol–water partition coefficient (Wildman–Crippen LogP) is 4.15. The number of aryl methyl sites for hydroxylation is 6. The summed E-state index contributed by atoms with van der Waals surface area (Å²) in [6.07, 6.45) is 4.17. The van der Waals surface area contributed by atoms with Crippen molar-refractivity contribution in [2.75, 3.05) is 9.80 Å². The van der Waals surface area contributed by atoms with Gasteiger partial charge in [-0.05, 0) is 63.8 Å². The van der Waals surface area contributed by atoms with Gasteiger partial charge in [-0.25, -0.2) is 0 Å². The van der Waals surface area contributed by atoms with Crippen molar-refractivity contribution < 1.29 is 0 Å². The minimum atomic E-state index is 0. The molecule has 0 saturated carbocycles. The lowest BCUT2D eigenvalue weighted by Gasteiger charge is -2.25. The van der Waals surface area contributed by atoms with Gasteiger partial charge in [0.25, 0.3) is 0 Å². The van der Waals surface area contributed by atoms with Gasteiger partial charge in [0.05, 0.1) is 0 Å². The van der Waals surface area contributed by atoms with E-state index in [2.05, 4.69) is 94.7 Å². The summed E-state index contributed by atoms with van der Waals surface area (Å²) in [7, 11) is 0. The molecule has 24 heavy (non-hydrogen) atoms. The number of rotatable bonds is 2. The van der Waals surface area contributed by atoms with E-state index < -0.39 is 0 Å². The van der Waals surface area contributed by atoms with E-state index >= 15 is 0 Å². The minimum Gasteiger partial charge on any atom is -0.315 e. The molecule has 1 aliphatic rings. The third-order valence-corrected chi connectivity index (χ3v) is 4.33. The molecule has 0 bridgehead atoms. The fraction of sp³-hybridized carbons (Fsp3) is 0.286. The van der Waals surface area contributed by atoms with Crippen molar-refractivity contribution in [3.05, 3.63) is 76.7 Å². The summed E-state index contributed by atoms with van der Waals surface area (Å²) in [5.74, 6) is 0. The molecule has 1 aliphatic heterocycles. The third kappa shape index (κ3) is 3.38. The number of hydrogen-bond acceptors (Lipinski definition) is 2. The largest absolute Gasteiger partial charge is 0.315 e. The highest BCUT2D eigenvalue weighted by Gasteiger charge is 2.22. The molecule has 124 valence electrons. The maximum absolute atomic E-state index is 3.48. The second kappa shape index (κ2) is 7.05. The standard InChI is InChI=1S/C21H24N2.Al.3H/c1-14-9-16(3)20(17(4)10-14)22-7-8-23(13-22)21-18(5)11-15(2)12-19(21)6;;;;/h7-12H,1-6H3;;;;. The van der Waals surface area contributed by atoms with Crippen LogP contribution in [0.15, 0.2) is 36.7 Å². The van der Waals surface area contributed by atoms with E-state index in [1.165, 1.54) is 44.8 Å². The van der Waals surface area contributed by atoms with Crippen LogP contribution >= 0.6 is 0 Å². The van der Waals surface area contributed by atoms with E-state index in [1.807, 2.05) is 0 Å². The quantitative estimate of drug-likeness (QED) is 0.762. The molecule has 3 heteroatoms. The first-order valence-corrected chi connectivity index (χ1v) is 8.05. The Bertz CT molecular complexity index is 681. The molecule has 2 radical (unpaired) electrons. The lowest BCUT2D eigenvalue weighted by Crippen LogP contribution is -2.21. The Hall–Kier alpha value is -1.69. The maximum Gasteiger partial charge on any atom is 0.217 e. The van der Waals surface area contributed by atoms with Crippen molar-refractivity contribution in [2.24, 2.45) is 0 Å². The van der Waals surface area contributed by atoms with Crippen LogP contribution in [0.4, 0.5) is 11.4 Å². The summed E-state index contributed by atoms with van der Waals surface area (Å²) in [5, 5.41) is 0. The molecule has 0 atom stereocenters. The molecule has 0 amide bonds. The van der Waals surface area contributed by atoms with Crippen molar-refractivity contribution in [3.8, 4) is 0 Å².